The second-order valence-electron chi connectivity index (χ2n) is 32.9. The van der Waals surface area contributed by atoms with Crippen molar-refractivity contribution < 1.29 is 0 Å². The fraction of sp³-hybridized carbons (Fsp3) is 0.683. The Morgan fingerprint density at radius 2 is 0.549 bits per heavy atom. The van der Waals surface area contributed by atoms with Gasteiger partial charge in [0, 0.05) is 43.8 Å². The first-order valence-corrected chi connectivity index (χ1v) is 77.4. The van der Waals surface area contributed by atoms with Gasteiger partial charge in [0.25, 0.3) is 0 Å². The predicted molar refractivity (Wildman–Crippen MR) is 439 cm³/mol. The topological polar surface area (TPSA) is 61.8 Å². The molecule has 0 spiro atoms. The first kappa shape index (κ1) is 85.3. The second kappa shape index (κ2) is 37.6. The molecular formula is C63H137I2N5Si12. The Morgan fingerprint density at radius 1 is 0.354 bits per heavy atom. The van der Waals surface area contributed by atoms with E-state index in [9.17, 15) is 0 Å². The van der Waals surface area contributed by atoms with Crippen molar-refractivity contribution in [3.8, 4) is 0 Å². The van der Waals surface area contributed by atoms with Crippen molar-refractivity contribution in [2.75, 3.05) is 32.7 Å². The Kier molecular flexibility index (Phi) is 39.1. The number of rotatable bonds is 28. The number of hydrogen-bond acceptors (Lipinski definition) is 5. The Hall–Kier alpha value is 1.26. The highest BCUT2D eigenvalue weighted by Gasteiger charge is 2.37. The van der Waals surface area contributed by atoms with Gasteiger partial charge in [-0.3, -0.25) is 0 Å². The Morgan fingerprint density at radius 3 is 0.695 bits per heavy atom. The van der Waals surface area contributed by atoms with Crippen LogP contribution in [0.3, 0.4) is 0 Å². The van der Waals surface area contributed by atoms with Crippen LogP contribution in [0.25, 0.3) is 0 Å². The molecule has 0 radical (unpaired) electrons. The van der Waals surface area contributed by atoms with Crippen molar-refractivity contribution in [1.82, 2.24) is 12.7 Å². The van der Waals surface area contributed by atoms with E-state index in [0.29, 0.717) is 0 Å². The summed E-state index contributed by atoms with van der Waals surface area (Å²) in [5.74, 6) is 0. The van der Waals surface area contributed by atoms with E-state index in [1.807, 2.05) is 6.08 Å². The molecule has 19 heteroatoms. The number of halogens is 2. The first-order valence-electron chi connectivity index (χ1n) is 31.8. The van der Waals surface area contributed by atoms with E-state index in [0.717, 1.165) is 32.5 Å². The minimum Gasteiger partial charge on any atom is -0.346 e. The van der Waals surface area contributed by atoms with Gasteiger partial charge in [0.1, 0.15) is 49.4 Å². The molecule has 0 aromatic heterocycles. The second-order valence-corrected chi connectivity index (χ2v) is 88.8. The monoisotopic (exact) mass is 1550 g/mol. The third-order valence-corrected chi connectivity index (χ3v) is 57.2. The molecule has 0 aliphatic rings. The van der Waals surface area contributed by atoms with Gasteiger partial charge in [-0.25, -0.2) is 0 Å². The lowest BCUT2D eigenvalue weighted by Gasteiger charge is -2.44. The molecule has 476 valence electrons. The molecule has 0 aliphatic carbocycles. The lowest BCUT2D eigenvalue weighted by Crippen LogP contribution is -2.59. The fourth-order valence-corrected chi connectivity index (χ4v) is 52.5. The van der Waals surface area contributed by atoms with Crippen molar-refractivity contribution in [3.05, 3.63) is 85.5 Å². The van der Waals surface area contributed by atoms with E-state index in [1.54, 1.807) is 31.1 Å². The summed E-state index contributed by atoms with van der Waals surface area (Å²) in [7, 11) is -13.8. The predicted octanol–water partition coefficient (Wildman–Crippen LogP) is 16.4. The summed E-state index contributed by atoms with van der Waals surface area (Å²) in [6.07, 6.45) is 7.06. The fourth-order valence-electron chi connectivity index (χ4n) is 12.1. The summed E-state index contributed by atoms with van der Waals surface area (Å²) in [5, 5.41) is 9.64. The normalized spacial score (nSPS) is 13.3. The highest BCUT2D eigenvalue weighted by Crippen LogP contribution is 2.25. The molecule has 0 bridgehead atoms. The molecule has 0 heterocycles. The van der Waals surface area contributed by atoms with Gasteiger partial charge >= 0.3 is 0 Å². The van der Waals surface area contributed by atoms with Crippen LogP contribution in [0.2, 0.25) is 221 Å². The van der Waals surface area contributed by atoms with Crippen molar-refractivity contribution in [2.45, 2.75) is 246 Å². The van der Waals surface area contributed by atoms with Crippen LogP contribution in [0.1, 0.15) is 25.7 Å². The van der Waals surface area contributed by atoms with Crippen LogP contribution in [0.5, 0.6) is 0 Å². The van der Waals surface area contributed by atoms with E-state index < -0.39 is 99.3 Å². The molecule has 0 amide bonds. The zero-order valence-corrected chi connectivity index (χ0v) is 76.4. The molecule has 3 aromatic carbocycles. The minimum absolute atomic E-state index is 0.565. The number of nitrogens with zero attached hydrogens (tertiary/aromatic N) is 3. The zero-order valence-electron chi connectivity index (χ0n) is 59.8. The number of nitrogens with two attached hydrogens (primary N) is 2. The highest BCUT2D eigenvalue weighted by atomic mass is 128. The summed E-state index contributed by atoms with van der Waals surface area (Å²) in [4.78, 5) is 0. The van der Waals surface area contributed by atoms with Gasteiger partial charge < -0.3 is 24.2 Å². The number of benzene rings is 3. The lowest BCUT2D eigenvalue weighted by atomic mass is 10.4. The van der Waals surface area contributed by atoms with Crippen molar-refractivity contribution >= 4 is 168 Å². The van der Waals surface area contributed by atoms with Crippen LogP contribution in [-0.2, 0) is 0 Å². The molecular weight excluding hydrogens is 1420 g/mol. The van der Waals surface area contributed by atoms with Crippen LogP contribution in [-0.4, -0.2) is 145 Å². The van der Waals surface area contributed by atoms with Gasteiger partial charge in [-0.15, -0.1) is 6.58 Å². The first-order chi connectivity index (χ1) is 37.0. The maximum atomic E-state index is 5.66. The largest absolute Gasteiger partial charge is 0.346 e. The smallest absolute Gasteiger partial charge is 0.112 e. The van der Waals surface area contributed by atoms with Gasteiger partial charge in [0.05, 0.1) is 49.9 Å². The van der Waals surface area contributed by atoms with E-state index >= 15 is 0 Å². The summed E-state index contributed by atoms with van der Waals surface area (Å²) in [6.45, 7) is 83.7. The molecule has 0 unspecified atom stereocenters. The van der Waals surface area contributed by atoms with E-state index in [2.05, 4.69) is 326 Å². The molecule has 3 rings (SSSR count). The highest BCUT2D eigenvalue weighted by molar-refractivity contribution is 15.0. The molecule has 0 atom stereocenters. The summed E-state index contributed by atoms with van der Waals surface area (Å²) in [6, 6.07) is 34.4. The molecule has 0 aliphatic heterocycles. The van der Waals surface area contributed by atoms with Crippen LogP contribution < -0.4 is 42.6 Å². The molecule has 82 heavy (non-hydrogen) atoms. The van der Waals surface area contributed by atoms with Crippen molar-refractivity contribution in [3.63, 3.8) is 0 Å². The summed E-state index contributed by atoms with van der Waals surface area (Å²) in [5.41, 5.74) is 11.3. The van der Waals surface area contributed by atoms with Crippen molar-refractivity contribution in [2.24, 2.45) is 11.5 Å². The molecule has 0 fully saturated rings. The van der Waals surface area contributed by atoms with Gasteiger partial charge in [0.15, 0.2) is 0 Å². The number of hydrogen-bond donors (Lipinski definition) is 2. The van der Waals surface area contributed by atoms with E-state index in [1.165, 1.54) is 50.1 Å². The van der Waals surface area contributed by atoms with Gasteiger partial charge in [-0.1, -0.05) is 331 Å². The van der Waals surface area contributed by atoms with Crippen LogP contribution in [0.4, 0.5) is 0 Å². The molecule has 4 N–H and O–H groups in total. The SMILES string of the molecule is C=CCN([Si](C)(C)C)[Si](C)(C)C.C[SiH](C)c1ccc([SiH](C)C)cc1.C[Si](C)(CCCN([Si](C)(C)C)[Si](C)(C)C)c1ccc([Si](C)(C)CCCN([Si](C)(C)C)[Si](C)(C)C)cc1.C[Si](C)(CCCN)c1ccc([Si](C)(C)CCCN)cc1.II. The summed E-state index contributed by atoms with van der Waals surface area (Å²) >= 11 is 4.24. The van der Waals surface area contributed by atoms with Crippen LogP contribution in [0.15, 0.2) is 85.5 Å². The van der Waals surface area contributed by atoms with Gasteiger partial charge in [0.2, 0.25) is 0 Å². The third kappa shape index (κ3) is 32.8. The lowest BCUT2D eigenvalue weighted by molar-refractivity contribution is 0.599. The van der Waals surface area contributed by atoms with Gasteiger partial charge in [-0.2, -0.15) is 0 Å². The Bertz CT molecular complexity index is 2010. The van der Waals surface area contributed by atoms with E-state index in [4.69, 9.17) is 11.5 Å². The molecule has 0 saturated carbocycles. The van der Waals surface area contributed by atoms with Gasteiger partial charge in [-0.05, 0) is 51.9 Å². The standard InChI is InChI=1S/C28H64N2Si6.C16H32N2Si2.C10H18Si2.C9H23NSi2.I2/c1-31(2,3)29(32(4,5)6)23-17-25-35(13,14)27-19-21-28(22-20-27)36(15,16)26-18-24-30(33(7,8)9)34(10,11)12;1-19(2,13-5-11-17)15-7-9-16(10-8-15)20(3,4)14-6-12-18;1-11(2)9-5-7-10(8-6-9)12(3)4;1-8-9-10(11(2,3)4)12(5,6)7;1-2/h19-22H,17-18,23-26H2,1-16H3;7-10H,5-6,11-14,17-18H2,1-4H3;5-8,11-12H,1-4H3;8H,1,9H2,2-7H3;. The van der Waals surface area contributed by atoms with Crippen LogP contribution in [0, 0.1) is 0 Å². The quantitative estimate of drug-likeness (QED) is 0.0431. The molecule has 5 nitrogen and oxygen atoms in total. The Labute approximate surface area is 550 Å². The Balaban J connectivity index is 0. The zero-order chi connectivity index (χ0) is 64.7. The molecule has 0 saturated heterocycles. The maximum Gasteiger partial charge on any atom is 0.112 e. The summed E-state index contributed by atoms with van der Waals surface area (Å²) < 4.78 is 8.65. The van der Waals surface area contributed by atoms with Crippen molar-refractivity contribution in [1.29, 1.82) is 0 Å². The van der Waals surface area contributed by atoms with Crippen LogP contribution >= 0.6 is 37.2 Å². The average Bonchev–Trinajstić information content (AvgIpc) is 3.33. The average molecular weight is 1560 g/mol. The maximum absolute atomic E-state index is 5.66. The molecule has 3 aromatic rings. The van der Waals surface area contributed by atoms with E-state index in [-0.39, 0.29) is 0 Å². The minimum atomic E-state index is -1.41. The third-order valence-electron chi connectivity index (χ3n) is 16.7.